The standard InChI is InChI=1S/C10H20O4S/c1-4-8(15(12)13)5-10(3)7(2)9(11)6-14-10/h7-9,11,15H,4-6H2,1-3H3. The van der Waals surface area contributed by atoms with Crippen LogP contribution in [0.15, 0.2) is 0 Å². The molecular weight excluding hydrogens is 216 g/mol. The molecule has 1 aliphatic heterocycles. The first kappa shape index (κ1) is 12.9. The fraction of sp³-hybridized carbons (Fsp3) is 1.00. The molecule has 4 nitrogen and oxygen atoms in total. The normalized spacial score (nSPS) is 38.5. The lowest BCUT2D eigenvalue weighted by Gasteiger charge is -2.30. The Morgan fingerprint density at radius 1 is 1.60 bits per heavy atom. The molecule has 15 heavy (non-hydrogen) atoms. The highest BCUT2D eigenvalue weighted by Gasteiger charge is 2.44. The molecule has 0 aliphatic carbocycles. The fourth-order valence-corrected chi connectivity index (χ4v) is 2.85. The van der Waals surface area contributed by atoms with Gasteiger partial charge in [-0.05, 0) is 19.8 Å². The van der Waals surface area contributed by atoms with E-state index in [4.69, 9.17) is 4.74 Å². The van der Waals surface area contributed by atoms with Gasteiger partial charge in [0.2, 0.25) is 0 Å². The zero-order valence-electron chi connectivity index (χ0n) is 9.47. The molecule has 0 aromatic rings. The van der Waals surface area contributed by atoms with E-state index in [1.54, 1.807) is 0 Å². The lowest BCUT2D eigenvalue weighted by molar-refractivity contribution is -0.00912. The van der Waals surface area contributed by atoms with E-state index < -0.39 is 22.4 Å². The minimum absolute atomic E-state index is 0.0125. The van der Waals surface area contributed by atoms with Crippen molar-refractivity contribution in [1.29, 1.82) is 0 Å². The fourth-order valence-electron chi connectivity index (χ4n) is 2.04. The first-order valence-electron chi connectivity index (χ1n) is 5.36. The first-order valence-corrected chi connectivity index (χ1v) is 6.61. The van der Waals surface area contributed by atoms with Crippen molar-refractivity contribution in [3.05, 3.63) is 0 Å². The molecule has 4 unspecified atom stereocenters. The van der Waals surface area contributed by atoms with Crippen LogP contribution in [0.1, 0.15) is 33.6 Å². The zero-order chi connectivity index (χ0) is 11.6. The zero-order valence-corrected chi connectivity index (χ0v) is 10.4. The van der Waals surface area contributed by atoms with E-state index in [-0.39, 0.29) is 11.2 Å². The van der Waals surface area contributed by atoms with Crippen molar-refractivity contribution in [2.75, 3.05) is 6.61 Å². The average molecular weight is 236 g/mol. The van der Waals surface area contributed by atoms with E-state index in [9.17, 15) is 13.5 Å². The maximum absolute atomic E-state index is 11.0. The highest BCUT2D eigenvalue weighted by molar-refractivity contribution is 7.73. The van der Waals surface area contributed by atoms with Crippen LogP contribution in [0, 0.1) is 5.92 Å². The van der Waals surface area contributed by atoms with Crippen molar-refractivity contribution in [2.24, 2.45) is 5.92 Å². The van der Waals surface area contributed by atoms with E-state index in [0.29, 0.717) is 19.4 Å². The van der Waals surface area contributed by atoms with Crippen LogP contribution >= 0.6 is 0 Å². The Labute approximate surface area is 92.6 Å². The topological polar surface area (TPSA) is 63.6 Å². The first-order chi connectivity index (χ1) is 6.90. The number of hydrogen-bond donors (Lipinski definition) is 2. The molecule has 0 aromatic heterocycles. The van der Waals surface area contributed by atoms with E-state index in [2.05, 4.69) is 0 Å². The number of aliphatic hydroxyl groups is 1. The van der Waals surface area contributed by atoms with Crippen LogP contribution in [0.2, 0.25) is 0 Å². The lowest BCUT2D eigenvalue weighted by atomic mass is 9.85. The third-order valence-electron chi connectivity index (χ3n) is 3.53. The van der Waals surface area contributed by atoms with Crippen LogP contribution < -0.4 is 0 Å². The molecule has 1 fully saturated rings. The minimum Gasteiger partial charge on any atom is -0.390 e. The van der Waals surface area contributed by atoms with Gasteiger partial charge in [-0.25, -0.2) is 8.42 Å². The Hall–Kier alpha value is -0.130. The quantitative estimate of drug-likeness (QED) is 0.700. The van der Waals surface area contributed by atoms with Gasteiger partial charge in [-0.15, -0.1) is 0 Å². The van der Waals surface area contributed by atoms with Crippen molar-refractivity contribution in [1.82, 2.24) is 0 Å². The van der Waals surface area contributed by atoms with Crippen molar-refractivity contribution < 1.29 is 18.3 Å². The van der Waals surface area contributed by atoms with Crippen molar-refractivity contribution in [3.8, 4) is 0 Å². The molecule has 1 saturated heterocycles. The number of thiol groups is 1. The maximum atomic E-state index is 11.0. The molecule has 0 bridgehead atoms. The van der Waals surface area contributed by atoms with Crippen molar-refractivity contribution in [2.45, 2.75) is 50.6 Å². The summed E-state index contributed by atoms with van der Waals surface area (Å²) in [5.41, 5.74) is -0.504. The summed E-state index contributed by atoms with van der Waals surface area (Å²) < 4.78 is 27.5. The summed E-state index contributed by atoms with van der Waals surface area (Å²) in [5, 5.41) is 9.23. The lowest BCUT2D eigenvalue weighted by Crippen LogP contribution is -2.37. The maximum Gasteiger partial charge on any atom is 0.143 e. The number of rotatable bonds is 4. The Morgan fingerprint density at radius 2 is 2.20 bits per heavy atom. The third kappa shape index (κ3) is 2.71. The summed E-state index contributed by atoms with van der Waals surface area (Å²) in [6, 6.07) is 0. The highest BCUT2D eigenvalue weighted by atomic mass is 32.2. The summed E-state index contributed by atoms with van der Waals surface area (Å²) in [5.74, 6) is -0.0125. The second kappa shape index (κ2) is 4.80. The summed E-state index contributed by atoms with van der Waals surface area (Å²) in [6.45, 7) is 5.95. The van der Waals surface area contributed by atoms with Gasteiger partial charge in [0.25, 0.3) is 0 Å². The van der Waals surface area contributed by atoms with Crippen LogP contribution in [0.5, 0.6) is 0 Å². The molecule has 1 heterocycles. The largest absolute Gasteiger partial charge is 0.390 e. The molecule has 90 valence electrons. The Kier molecular flexibility index (Phi) is 4.14. The number of hydrogen-bond acceptors (Lipinski definition) is 4. The molecule has 0 spiro atoms. The second-order valence-electron chi connectivity index (χ2n) is 4.53. The molecule has 0 amide bonds. The van der Waals surface area contributed by atoms with Crippen LogP contribution in [-0.2, 0) is 15.4 Å². The Morgan fingerprint density at radius 3 is 2.53 bits per heavy atom. The third-order valence-corrected chi connectivity index (χ3v) is 4.68. The van der Waals surface area contributed by atoms with Crippen molar-refractivity contribution in [3.63, 3.8) is 0 Å². The van der Waals surface area contributed by atoms with Crippen LogP contribution in [0.25, 0.3) is 0 Å². The molecule has 1 rings (SSSR count). The summed E-state index contributed by atoms with van der Waals surface area (Å²) >= 11 is 0. The summed E-state index contributed by atoms with van der Waals surface area (Å²) in [6.07, 6.45) is 0.595. The van der Waals surface area contributed by atoms with Gasteiger partial charge in [0.05, 0.1) is 23.6 Å². The van der Waals surface area contributed by atoms with Gasteiger partial charge in [-0.1, -0.05) is 13.8 Å². The molecule has 0 saturated carbocycles. The van der Waals surface area contributed by atoms with Crippen LogP contribution in [0.3, 0.4) is 0 Å². The van der Waals surface area contributed by atoms with Gasteiger partial charge in [0, 0.05) is 5.92 Å². The molecule has 5 heteroatoms. The Bertz CT molecular complexity index is 281. The van der Waals surface area contributed by atoms with E-state index in [1.165, 1.54) is 0 Å². The van der Waals surface area contributed by atoms with Crippen molar-refractivity contribution >= 4 is 10.7 Å². The molecular formula is C10H20O4S. The van der Waals surface area contributed by atoms with Gasteiger partial charge in [-0.3, -0.25) is 0 Å². The minimum atomic E-state index is -2.41. The molecule has 1 aliphatic rings. The van der Waals surface area contributed by atoms with Gasteiger partial charge in [0.1, 0.15) is 10.7 Å². The predicted octanol–water partition coefficient (Wildman–Crippen LogP) is 0.552. The highest BCUT2D eigenvalue weighted by Crippen LogP contribution is 2.36. The smallest absolute Gasteiger partial charge is 0.143 e. The van der Waals surface area contributed by atoms with Gasteiger partial charge < -0.3 is 9.84 Å². The Balaban J connectivity index is 2.71. The molecule has 1 N–H and O–H groups in total. The monoisotopic (exact) mass is 236 g/mol. The molecule has 4 atom stereocenters. The second-order valence-corrected chi connectivity index (χ2v) is 5.83. The molecule has 0 radical (unpaired) electrons. The van der Waals surface area contributed by atoms with Crippen LogP contribution in [0.4, 0.5) is 0 Å². The number of aliphatic hydroxyl groups excluding tert-OH is 1. The number of ether oxygens (including phenoxy) is 1. The van der Waals surface area contributed by atoms with Crippen LogP contribution in [-0.4, -0.2) is 37.1 Å². The summed E-state index contributed by atoms with van der Waals surface area (Å²) in [7, 11) is -2.41. The van der Waals surface area contributed by atoms with E-state index in [0.717, 1.165) is 0 Å². The average Bonchev–Trinajstić information content (AvgIpc) is 2.43. The molecule has 0 aromatic carbocycles. The SMILES string of the molecule is CCC(CC1(C)OCC(O)C1C)[SH](=O)=O. The van der Waals surface area contributed by atoms with Gasteiger partial charge in [0.15, 0.2) is 0 Å². The predicted molar refractivity (Wildman–Crippen MR) is 58.5 cm³/mol. The van der Waals surface area contributed by atoms with Gasteiger partial charge >= 0.3 is 0 Å². The van der Waals surface area contributed by atoms with E-state index in [1.807, 2.05) is 20.8 Å². The summed E-state index contributed by atoms with van der Waals surface area (Å²) in [4.78, 5) is 0. The van der Waals surface area contributed by atoms with E-state index >= 15 is 0 Å². The van der Waals surface area contributed by atoms with Gasteiger partial charge in [-0.2, -0.15) is 0 Å².